The molecule has 2 saturated heterocycles. The van der Waals surface area contributed by atoms with E-state index in [1.165, 1.54) is 4.90 Å². The summed E-state index contributed by atoms with van der Waals surface area (Å²) in [7, 11) is 0. The van der Waals surface area contributed by atoms with E-state index in [1.807, 2.05) is 0 Å². The second-order valence-corrected chi connectivity index (χ2v) is 5.62. The Labute approximate surface area is 135 Å². The Kier molecular flexibility index (Phi) is 4.14. The van der Waals surface area contributed by atoms with Gasteiger partial charge in [0.1, 0.15) is 11.8 Å². The highest BCUT2D eigenvalue weighted by Gasteiger charge is 2.35. The van der Waals surface area contributed by atoms with E-state index < -0.39 is 36.0 Å². The summed E-state index contributed by atoms with van der Waals surface area (Å²) in [5, 5.41) is 19.9. The number of aliphatic hydroxyl groups excluding tert-OH is 1. The summed E-state index contributed by atoms with van der Waals surface area (Å²) in [4.78, 5) is 24.7. The SMILES string of the molecule is O=C(O)NC[C@H]1CN(c2cc(F)c(N3CC(O)C3)c(F)c2)C(=O)O1. The summed E-state index contributed by atoms with van der Waals surface area (Å²) in [6.45, 7) is 0.135. The van der Waals surface area contributed by atoms with Crippen molar-refractivity contribution in [3.63, 3.8) is 0 Å². The van der Waals surface area contributed by atoms with E-state index in [-0.39, 0.29) is 37.6 Å². The van der Waals surface area contributed by atoms with Crippen LogP contribution in [0.1, 0.15) is 0 Å². The van der Waals surface area contributed by atoms with Crippen molar-refractivity contribution in [3.8, 4) is 0 Å². The van der Waals surface area contributed by atoms with Crippen LogP contribution in [-0.4, -0.2) is 60.8 Å². The highest BCUT2D eigenvalue weighted by molar-refractivity contribution is 5.90. The zero-order valence-corrected chi connectivity index (χ0v) is 12.4. The largest absolute Gasteiger partial charge is 0.465 e. The van der Waals surface area contributed by atoms with E-state index in [9.17, 15) is 23.5 Å². The first-order valence-corrected chi connectivity index (χ1v) is 7.22. The number of rotatable bonds is 4. The number of carboxylic acid groups (broad SMARTS) is 1. The first-order valence-electron chi connectivity index (χ1n) is 7.22. The van der Waals surface area contributed by atoms with Gasteiger partial charge in [-0.3, -0.25) is 4.90 Å². The van der Waals surface area contributed by atoms with Crippen molar-refractivity contribution in [1.29, 1.82) is 0 Å². The maximum atomic E-state index is 14.2. The van der Waals surface area contributed by atoms with Gasteiger partial charge in [-0.15, -0.1) is 0 Å². The van der Waals surface area contributed by atoms with Gasteiger partial charge in [-0.05, 0) is 0 Å². The number of aliphatic hydroxyl groups is 1. The van der Waals surface area contributed by atoms with Gasteiger partial charge >= 0.3 is 12.2 Å². The number of carbonyl (C=O) groups excluding carboxylic acids is 1. The van der Waals surface area contributed by atoms with Gasteiger partial charge in [-0.1, -0.05) is 0 Å². The molecule has 24 heavy (non-hydrogen) atoms. The highest BCUT2D eigenvalue weighted by Crippen LogP contribution is 2.32. The Morgan fingerprint density at radius 1 is 1.29 bits per heavy atom. The molecule has 1 aromatic carbocycles. The molecule has 8 nitrogen and oxygen atoms in total. The molecular weight excluding hydrogens is 328 g/mol. The second kappa shape index (κ2) is 6.11. The van der Waals surface area contributed by atoms with E-state index in [1.54, 1.807) is 0 Å². The second-order valence-electron chi connectivity index (χ2n) is 5.62. The van der Waals surface area contributed by atoms with Crippen LogP contribution in [0, 0.1) is 11.6 Å². The van der Waals surface area contributed by atoms with E-state index in [0.717, 1.165) is 17.0 Å². The van der Waals surface area contributed by atoms with Gasteiger partial charge in [-0.25, -0.2) is 18.4 Å². The smallest absolute Gasteiger partial charge is 0.414 e. The van der Waals surface area contributed by atoms with Crippen molar-refractivity contribution in [2.45, 2.75) is 12.2 Å². The molecule has 3 N–H and O–H groups in total. The molecule has 2 fully saturated rings. The summed E-state index contributed by atoms with van der Waals surface area (Å²) in [5.74, 6) is -1.70. The molecule has 0 unspecified atom stereocenters. The topological polar surface area (TPSA) is 102 Å². The maximum absolute atomic E-state index is 14.2. The van der Waals surface area contributed by atoms with Crippen LogP contribution in [0.5, 0.6) is 0 Å². The average molecular weight is 343 g/mol. The predicted octanol–water partition coefficient (Wildman–Crippen LogP) is 0.738. The molecule has 2 amide bonds. The third kappa shape index (κ3) is 3.04. The van der Waals surface area contributed by atoms with Crippen molar-refractivity contribution < 1.29 is 33.3 Å². The van der Waals surface area contributed by atoms with Crippen molar-refractivity contribution in [1.82, 2.24) is 5.32 Å². The fraction of sp³-hybridized carbons (Fsp3) is 0.429. The predicted molar refractivity (Wildman–Crippen MR) is 78.2 cm³/mol. The normalized spacial score (nSPS) is 20.8. The van der Waals surface area contributed by atoms with Crippen LogP contribution >= 0.6 is 0 Å². The average Bonchev–Trinajstić information content (AvgIpc) is 2.83. The number of β-amino-alcohol motifs (C(OH)–C–C–N with tert-alkyl or cyclic N) is 1. The molecule has 0 saturated carbocycles. The maximum Gasteiger partial charge on any atom is 0.414 e. The molecule has 10 heteroatoms. The first kappa shape index (κ1) is 16.2. The molecule has 3 rings (SSSR count). The number of carbonyl (C=O) groups is 2. The minimum atomic E-state index is -1.26. The number of nitrogens with zero attached hydrogens (tertiary/aromatic N) is 2. The summed E-state index contributed by atoms with van der Waals surface area (Å²) >= 11 is 0. The minimum Gasteiger partial charge on any atom is -0.465 e. The lowest BCUT2D eigenvalue weighted by Gasteiger charge is -2.38. The van der Waals surface area contributed by atoms with Gasteiger partial charge in [0.25, 0.3) is 0 Å². The molecule has 1 atom stereocenters. The van der Waals surface area contributed by atoms with Crippen molar-refractivity contribution in [2.75, 3.05) is 36.0 Å². The Morgan fingerprint density at radius 2 is 1.92 bits per heavy atom. The van der Waals surface area contributed by atoms with E-state index in [2.05, 4.69) is 5.32 Å². The van der Waals surface area contributed by atoms with E-state index in [4.69, 9.17) is 9.84 Å². The van der Waals surface area contributed by atoms with Gasteiger partial charge in [0.2, 0.25) is 0 Å². The fourth-order valence-corrected chi connectivity index (χ4v) is 2.69. The summed E-state index contributed by atoms with van der Waals surface area (Å²) in [6.07, 6.45) is -3.43. The summed E-state index contributed by atoms with van der Waals surface area (Å²) in [5.41, 5.74) is -0.265. The zero-order chi connectivity index (χ0) is 17.4. The van der Waals surface area contributed by atoms with Gasteiger partial charge in [0, 0.05) is 25.2 Å². The quantitative estimate of drug-likeness (QED) is 0.745. The summed E-state index contributed by atoms with van der Waals surface area (Å²) in [6, 6.07) is 2.02. The third-order valence-electron chi connectivity index (χ3n) is 3.85. The number of nitrogens with one attached hydrogen (secondary N) is 1. The monoisotopic (exact) mass is 343 g/mol. The molecule has 0 bridgehead atoms. The molecule has 130 valence electrons. The summed E-state index contributed by atoms with van der Waals surface area (Å²) < 4.78 is 33.4. The van der Waals surface area contributed by atoms with E-state index in [0.29, 0.717) is 0 Å². The minimum absolute atomic E-state index is 0.0161. The number of anilines is 2. The number of halogens is 2. The van der Waals surface area contributed by atoms with Gasteiger partial charge in [0.15, 0.2) is 11.6 Å². The highest BCUT2D eigenvalue weighted by atomic mass is 19.1. The van der Waals surface area contributed by atoms with Crippen molar-refractivity contribution >= 4 is 23.6 Å². The van der Waals surface area contributed by atoms with Gasteiger partial charge in [0.05, 0.1) is 24.9 Å². The van der Waals surface area contributed by atoms with Crippen LogP contribution < -0.4 is 15.1 Å². The Bertz CT molecular complexity index is 657. The number of benzene rings is 1. The lowest BCUT2D eigenvalue weighted by atomic mass is 10.1. The molecule has 2 heterocycles. The number of amides is 2. The molecule has 0 aromatic heterocycles. The molecule has 0 spiro atoms. The van der Waals surface area contributed by atoms with Crippen LogP contribution in [0.4, 0.5) is 29.7 Å². The number of hydrogen-bond acceptors (Lipinski definition) is 5. The van der Waals surface area contributed by atoms with Gasteiger partial charge < -0.3 is 25.2 Å². The van der Waals surface area contributed by atoms with Crippen molar-refractivity contribution in [2.24, 2.45) is 0 Å². The molecule has 2 aliphatic rings. The molecule has 1 aromatic rings. The Morgan fingerprint density at radius 3 is 2.46 bits per heavy atom. The molecule has 0 aliphatic carbocycles. The van der Waals surface area contributed by atoms with Crippen LogP contribution in [0.3, 0.4) is 0 Å². The van der Waals surface area contributed by atoms with Crippen molar-refractivity contribution in [3.05, 3.63) is 23.8 Å². The van der Waals surface area contributed by atoms with Crippen LogP contribution in [0.15, 0.2) is 12.1 Å². The lowest BCUT2D eigenvalue weighted by Crippen LogP contribution is -2.51. The molecule has 0 radical (unpaired) electrons. The lowest BCUT2D eigenvalue weighted by molar-refractivity contribution is 0.136. The zero-order valence-electron chi connectivity index (χ0n) is 12.4. The number of hydrogen-bond donors (Lipinski definition) is 3. The van der Waals surface area contributed by atoms with Crippen LogP contribution in [0.25, 0.3) is 0 Å². The number of cyclic esters (lactones) is 1. The molecular formula is C14H15F2N3O5. The van der Waals surface area contributed by atoms with Crippen LogP contribution in [0.2, 0.25) is 0 Å². The Hall–Kier alpha value is -2.62. The van der Waals surface area contributed by atoms with E-state index >= 15 is 0 Å². The van der Waals surface area contributed by atoms with Crippen LogP contribution in [-0.2, 0) is 4.74 Å². The Balaban J connectivity index is 1.75. The molecule has 2 aliphatic heterocycles. The fourth-order valence-electron chi connectivity index (χ4n) is 2.69. The first-order chi connectivity index (χ1) is 11.3. The number of ether oxygens (including phenoxy) is 1. The standard InChI is InChI=1S/C14H15F2N3O5/c15-10-1-7(2-11(16)12(10)18-4-8(20)5-18)19-6-9(24-14(19)23)3-17-13(21)22/h1-2,8-9,17,20H,3-6H2,(H,21,22)/t9-/m0/s1. The third-order valence-corrected chi connectivity index (χ3v) is 3.85. The van der Waals surface area contributed by atoms with Gasteiger partial charge in [-0.2, -0.15) is 0 Å².